The van der Waals surface area contributed by atoms with E-state index >= 15 is 0 Å². The van der Waals surface area contributed by atoms with E-state index in [1.54, 1.807) is 0 Å². The molecule has 2 rings (SSSR count). The molecule has 1 aliphatic carbocycles. The van der Waals surface area contributed by atoms with Gasteiger partial charge < -0.3 is 9.67 Å². The van der Waals surface area contributed by atoms with Crippen molar-refractivity contribution in [2.45, 2.75) is 45.3 Å². The molecule has 1 aromatic heterocycles. The number of aryl methyl sites for hydroxylation is 1. The molecule has 0 bridgehead atoms. The van der Waals surface area contributed by atoms with Crippen LogP contribution in [0.4, 0.5) is 0 Å². The molecule has 1 aromatic rings. The highest BCUT2D eigenvalue weighted by molar-refractivity contribution is 5.10. The zero-order chi connectivity index (χ0) is 9.42. The Labute approximate surface area is 78.4 Å². The van der Waals surface area contributed by atoms with E-state index in [0.29, 0.717) is 0 Å². The molecule has 3 nitrogen and oxygen atoms in total. The average molecular weight is 180 g/mol. The second-order valence-corrected chi connectivity index (χ2v) is 3.89. The lowest BCUT2D eigenvalue weighted by molar-refractivity contribution is 0.135. The second kappa shape index (κ2) is 3.14. The molecule has 72 valence electrons. The van der Waals surface area contributed by atoms with Crippen LogP contribution < -0.4 is 0 Å². The fourth-order valence-electron chi connectivity index (χ4n) is 2.10. The van der Waals surface area contributed by atoms with Gasteiger partial charge in [-0.25, -0.2) is 4.98 Å². The summed E-state index contributed by atoms with van der Waals surface area (Å²) in [7, 11) is 0. The van der Waals surface area contributed by atoms with Crippen LogP contribution in [0.3, 0.4) is 0 Å². The first kappa shape index (κ1) is 8.75. The zero-order valence-corrected chi connectivity index (χ0v) is 8.20. The van der Waals surface area contributed by atoms with Crippen LogP contribution in [0.25, 0.3) is 0 Å². The molecule has 3 heteroatoms. The third kappa shape index (κ3) is 1.37. The van der Waals surface area contributed by atoms with E-state index in [9.17, 15) is 5.11 Å². The molecule has 1 aliphatic rings. The minimum atomic E-state index is -0.174. The Kier molecular flexibility index (Phi) is 2.12. The van der Waals surface area contributed by atoms with Crippen molar-refractivity contribution in [2.24, 2.45) is 0 Å². The molecule has 0 unspecified atom stereocenters. The van der Waals surface area contributed by atoms with Crippen LogP contribution in [-0.4, -0.2) is 20.8 Å². The Morgan fingerprint density at radius 2 is 2.23 bits per heavy atom. The summed E-state index contributed by atoms with van der Waals surface area (Å²) in [5.74, 6) is 0. The summed E-state index contributed by atoms with van der Waals surface area (Å²) in [4.78, 5) is 4.25. The molecular formula is C10H16N2O. The summed E-state index contributed by atoms with van der Waals surface area (Å²) in [6.45, 7) is 4.07. The van der Waals surface area contributed by atoms with Gasteiger partial charge in [0.2, 0.25) is 0 Å². The topological polar surface area (TPSA) is 38.0 Å². The first-order valence-corrected chi connectivity index (χ1v) is 4.88. The summed E-state index contributed by atoms with van der Waals surface area (Å²) in [6.07, 6.45) is 4.82. The predicted octanol–water partition coefficient (Wildman–Crippen LogP) is 1.59. The van der Waals surface area contributed by atoms with Crippen molar-refractivity contribution in [3.05, 3.63) is 17.7 Å². The minimum absolute atomic E-state index is 0.174. The summed E-state index contributed by atoms with van der Waals surface area (Å²) < 4.78 is 2.12. The second-order valence-electron chi connectivity index (χ2n) is 3.89. The summed E-state index contributed by atoms with van der Waals surface area (Å²) in [5, 5.41) is 9.73. The van der Waals surface area contributed by atoms with E-state index in [2.05, 4.69) is 16.5 Å². The van der Waals surface area contributed by atoms with Gasteiger partial charge >= 0.3 is 0 Å². The number of aliphatic hydroxyl groups excluding tert-OH is 1. The first-order valence-electron chi connectivity index (χ1n) is 4.88. The third-order valence-corrected chi connectivity index (χ3v) is 3.09. The maximum absolute atomic E-state index is 9.73. The van der Waals surface area contributed by atoms with E-state index in [1.807, 2.05) is 13.3 Å². The number of imidazole rings is 1. The maximum atomic E-state index is 9.73. The van der Waals surface area contributed by atoms with Gasteiger partial charge in [-0.1, -0.05) is 0 Å². The molecule has 13 heavy (non-hydrogen) atoms. The predicted molar refractivity (Wildman–Crippen MR) is 50.6 cm³/mol. The normalized spacial score (nSPS) is 28.2. The van der Waals surface area contributed by atoms with E-state index in [0.717, 1.165) is 25.0 Å². The lowest BCUT2D eigenvalue weighted by Gasteiger charge is -2.17. The van der Waals surface area contributed by atoms with Crippen molar-refractivity contribution in [3.63, 3.8) is 0 Å². The largest absolute Gasteiger partial charge is 0.391 e. The number of hydrogen-bond acceptors (Lipinski definition) is 2. The minimum Gasteiger partial charge on any atom is -0.391 e. The standard InChI is InChI=1S/C10H16N2O/c1-7-8(2)12(6-11-7)9-4-3-5-10(9)13/h6,9-10,13H,3-5H2,1-2H3/t9-,10-/m1/s1. The highest BCUT2D eigenvalue weighted by Gasteiger charge is 2.27. The quantitative estimate of drug-likeness (QED) is 0.712. The van der Waals surface area contributed by atoms with Gasteiger partial charge in [0.25, 0.3) is 0 Å². The molecule has 0 radical (unpaired) electrons. The van der Waals surface area contributed by atoms with Crippen molar-refractivity contribution < 1.29 is 5.11 Å². The van der Waals surface area contributed by atoms with Gasteiger partial charge in [0.1, 0.15) is 0 Å². The highest BCUT2D eigenvalue weighted by Crippen LogP contribution is 2.31. The van der Waals surface area contributed by atoms with Gasteiger partial charge in [-0.15, -0.1) is 0 Å². The van der Waals surface area contributed by atoms with Gasteiger partial charge in [0, 0.05) is 5.69 Å². The third-order valence-electron chi connectivity index (χ3n) is 3.09. The molecule has 1 saturated carbocycles. The molecule has 0 amide bonds. The Balaban J connectivity index is 2.29. The van der Waals surface area contributed by atoms with Gasteiger partial charge in [-0.05, 0) is 33.1 Å². The molecule has 2 atom stereocenters. The van der Waals surface area contributed by atoms with E-state index in [1.165, 1.54) is 5.69 Å². The molecule has 1 fully saturated rings. The molecule has 1 heterocycles. The molecule has 0 saturated heterocycles. The number of aliphatic hydroxyl groups is 1. The van der Waals surface area contributed by atoms with Gasteiger partial charge in [0.15, 0.2) is 0 Å². The summed E-state index contributed by atoms with van der Waals surface area (Å²) in [6, 6.07) is 0.265. The first-order chi connectivity index (χ1) is 6.20. The Morgan fingerprint density at radius 1 is 1.46 bits per heavy atom. The van der Waals surface area contributed by atoms with Crippen LogP contribution in [-0.2, 0) is 0 Å². The lowest BCUT2D eigenvalue weighted by Crippen LogP contribution is -2.18. The van der Waals surface area contributed by atoms with Crippen molar-refractivity contribution >= 4 is 0 Å². The summed E-state index contributed by atoms with van der Waals surface area (Å²) in [5.41, 5.74) is 2.25. The molecule has 0 spiro atoms. The molecular weight excluding hydrogens is 164 g/mol. The zero-order valence-electron chi connectivity index (χ0n) is 8.20. The van der Waals surface area contributed by atoms with Crippen LogP contribution >= 0.6 is 0 Å². The molecule has 1 N–H and O–H groups in total. The Hall–Kier alpha value is -0.830. The lowest BCUT2D eigenvalue weighted by atomic mass is 10.2. The number of rotatable bonds is 1. The number of nitrogens with zero attached hydrogens (tertiary/aromatic N) is 2. The van der Waals surface area contributed by atoms with Crippen molar-refractivity contribution in [3.8, 4) is 0 Å². The summed E-state index contributed by atoms with van der Waals surface area (Å²) >= 11 is 0. The molecule has 0 aliphatic heterocycles. The van der Waals surface area contributed by atoms with Crippen LogP contribution in [0, 0.1) is 13.8 Å². The average Bonchev–Trinajstić information content (AvgIpc) is 2.62. The van der Waals surface area contributed by atoms with E-state index in [-0.39, 0.29) is 12.1 Å². The Bertz CT molecular complexity index is 306. The van der Waals surface area contributed by atoms with Crippen molar-refractivity contribution in [1.29, 1.82) is 0 Å². The highest BCUT2D eigenvalue weighted by atomic mass is 16.3. The fourth-order valence-corrected chi connectivity index (χ4v) is 2.10. The van der Waals surface area contributed by atoms with Crippen LogP contribution in [0.2, 0.25) is 0 Å². The monoisotopic (exact) mass is 180 g/mol. The fraction of sp³-hybridized carbons (Fsp3) is 0.700. The van der Waals surface area contributed by atoms with Crippen LogP contribution in [0.1, 0.15) is 36.7 Å². The van der Waals surface area contributed by atoms with E-state index < -0.39 is 0 Å². The molecule has 0 aromatic carbocycles. The maximum Gasteiger partial charge on any atom is 0.0954 e. The van der Waals surface area contributed by atoms with Gasteiger partial charge in [-0.2, -0.15) is 0 Å². The number of hydrogen-bond donors (Lipinski definition) is 1. The smallest absolute Gasteiger partial charge is 0.0954 e. The van der Waals surface area contributed by atoms with Crippen LogP contribution in [0.15, 0.2) is 6.33 Å². The van der Waals surface area contributed by atoms with Crippen molar-refractivity contribution in [1.82, 2.24) is 9.55 Å². The van der Waals surface area contributed by atoms with E-state index in [4.69, 9.17) is 0 Å². The van der Waals surface area contributed by atoms with Crippen molar-refractivity contribution in [2.75, 3.05) is 0 Å². The van der Waals surface area contributed by atoms with Gasteiger partial charge in [0.05, 0.1) is 24.2 Å². The Morgan fingerprint density at radius 3 is 2.69 bits per heavy atom. The van der Waals surface area contributed by atoms with Crippen LogP contribution in [0.5, 0.6) is 0 Å². The number of aromatic nitrogens is 2. The van der Waals surface area contributed by atoms with Gasteiger partial charge in [-0.3, -0.25) is 0 Å². The SMILES string of the molecule is Cc1ncn([C@@H]2CCC[C@H]2O)c1C.